The summed E-state index contributed by atoms with van der Waals surface area (Å²) in [4.78, 5) is 0. The SMILES string of the molecule is COC([Si])(CCCOCC1CO1)OC. The topological polar surface area (TPSA) is 40.2 Å². The minimum Gasteiger partial charge on any atom is -0.379 e. The van der Waals surface area contributed by atoms with E-state index in [1.807, 2.05) is 0 Å². The van der Waals surface area contributed by atoms with E-state index in [1.54, 1.807) is 14.2 Å². The molecule has 1 fully saturated rings. The normalized spacial score (nSPS) is 21.2. The van der Waals surface area contributed by atoms with E-state index in [1.165, 1.54) is 0 Å². The predicted molar refractivity (Wildman–Crippen MR) is 52.3 cm³/mol. The van der Waals surface area contributed by atoms with E-state index in [4.69, 9.17) is 18.9 Å². The summed E-state index contributed by atoms with van der Waals surface area (Å²) in [5.41, 5.74) is -0.667. The van der Waals surface area contributed by atoms with Gasteiger partial charge in [0.15, 0.2) is 0 Å². The first-order valence-electron chi connectivity index (χ1n) is 4.75. The summed E-state index contributed by atoms with van der Waals surface area (Å²) in [5.74, 6) is 0. The molecule has 4 nitrogen and oxygen atoms in total. The van der Waals surface area contributed by atoms with Crippen molar-refractivity contribution in [3.63, 3.8) is 0 Å². The van der Waals surface area contributed by atoms with Gasteiger partial charge in [0.05, 0.1) is 13.2 Å². The van der Waals surface area contributed by atoms with Crippen LogP contribution in [0.15, 0.2) is 0 Å². The number of ether oxygens (including phenoxy) is 4. The zero-order valence-corrected chi connectivity index (χ0v) is 9.75. The van der Waals surface area contributed by atoms with E-state index in [0.29, 0.717) is 19.3 Å². The minimum atomic E-state index is -0.667. The number of hydrogen-bond donors (Lipinski definition) is 0. The van der Waals surface area contributed by atoms with Gasteiger partial charge < -0.3 is 18.9 Å². The Balaban J connectivity index is 1.95. The highest BCUT2D eigenvalue weighted by Gasteiger charge is 2.23. The zero-order chi connectivity index (χ0) is 10.4. The van der Waals surface area contributed by atoms with Crippen LogP contribution in [0.2, 0.25) is 0 Å². The van der Waals surface area contributed by atoms with Gasteiger partial charge in [0.1, 0.15) is 21.8 Å². The Labute approximate surface area is 88.3 Å². The lowest BCUT2D eigenvalue weighted by molar-refractivity contribution is -0.148. The monoisotopic (exact) mass is 217 g/mol. The summed E-state index contributed by atoms with van der Waals surface area (Å²) in [6.07, 6.45) is 1.98. The molecular formula is C9H17O4Si. The summed E-state index contributed by atoms with van der Waals surface area (Å²) in [6.45, 7) is 2.26. The van der Waals surface area contributed by atoms with Crippen molar-refractivity contribution in [3.8, 4) is 0 Å². The van der Waals surface area contributed by atoms with E-state index < -0.39 is 5.41 Å². The number of hydrogen-bond acceptors (Lipinski definition) is 4. The van der Waals surface area contributed by atoms with Crippen LogP contribution in [-0.4, -0.2) is 55.8 Å². The summed E-state index contributed by atoms with van der Waals surface area (Å²) < 4.78 is 20.7. The fourth-order valence-corrected chi connectivity index (χ4v) is 1.25. The molecule has 14 heavy (non-hydrogen) atoms. The van der Waals surface area contributed by atoms with Crippen molar-refractivity contribution in [1.82, 2.24) is 0 Å². The summed E-state index contributed by atoms with van der Waals surface area (Å²) in [7, 11) is 6.62. The van der Waals surface area contributed by atoms with Crippen molar-refractivity contribution in [1.29, 1.82) is 0 Å². The van der Waals surface area contributed by atoms with Gasteiger partial charge >= 0.3 is 0 Å². The highest BCUT2D eigenvalue weighted by molar-refractivity contribution is 6.13. The fourth-order valence-electron chi connectivity index (χ4n) is 1.07. The van der Waals surface area contributed by atoms with Crippen molar-refractivity contribution in [3.05, 3.63) is 0 Å². The Bertz CT molecular complexity index is 157. The van der Waals surface area contributed by atoms with E-state index in [-0.39, 0.29) is 0 Å². The Hall–Kier alpha value is 0.0569. The minimum absolute atomic E-state index is 0.341. The molecule has 0 bridgehead atoms. The van der Waals surface area contributed by atoms with Crippen LogP contribution in [0, 0.1) is 0 Å². The van der Waals surface area contributed by atoms with Gasteiger partial charge in [-0.1, -0.05) is 0 Å². The quantitative estimate of drug-likeness (QED) is 0.254. The van der Waals surface area contributed by atoms with Crippen molar-refractivity contribution in [2.45, 2.75) is 24.4 Å². The molecule has 0 aromatic rings. The first-order chi connectivity index (χ1) is 6.70. The van der Waals surface area contributed by atoms with Gasteiger partial charge in [0.2, 0.25) is 0 Å². The van der Waals surface area contributed by atoms with Gasteiger partial charge in [0, 0.05) is 20.8 Å². The molecule has 3 radical (unpaired) electrons. The van der Waals surface area contributed by atoms with Crippen LogP contribution in [0.5, 0.6) is 0 Å². The molecule has 1 aliphatic rings. The third kappa shape index (κ3) is 4.52. The van der Waals surface area contributed by atoms with Gasteiger partial charge in [0.25, 0.3) is 0 Å². The molecule has 0 amide bonds. The molecule has 0 saturated carbocycles. The zero-order valence-electron chi connectivity index (χ0n) is 8.75. The van der Waals surface area contributed by atoms with Crippen LogP contribution >= 0.6 is 0 Å². The van der Waals surface area contributed by atoms with Crippen LogP contribution < -0.4 is 0 Å². The van der Waals surface area contributed by atoms with Gasteiger partial charge in [-0.05, 0) is 12.8 Å². The Morgan fingerprint density at radius 3 is 2.57 bits per heavy atom. The van der Waals surface area contributed by atoms with Crippen molar-refractivity contribution in [2.24, 2.45) is 0 Å². The smallest absolute Gasteiger partial charge is 0.143 e. The molecule has 0 N–H and O–H groups in total. The van der Waals surface area contributed by atoms with Crippen LogP contribution in [0.3, 0.4) is 0 Å². The van der Waals surface area contributed by atoms with Gasteiger partial charge in [-0.3, -0.25) is 0 Å². The first kappa shape index (κ1) is 12.1. The van der Waals surface area contributed by atoms with Crippen molar-refractivity contribution >= 4 is 10.2 Å². The standard InChI is InChI=1S/C9H17O4Si/c1-10-9(14,11-2)4-3-5-12-6-8-7-13-8/h8H,3-7H2,1-2H3. The molecule has 1 saturated heterocycles. The van der Waals surface area contributed by atoms with Gasteiger partial charge in [-0.25, -0.2) is 0 Å². The third-order valence-corrected chi connectivity index (χ3v) is 2.82. The lowest BCUT2D eigenvalue weighted by Gasteiger charge is -2.26. The highest BCUT2D eigenvalue weighted by atomic mass is 28.1. The highest BCUT2D eigenvalue weighted by Crippen LogP contribution is 2.14. The lowest BCUT2D eigenvalue weighted by Crippen LogP contribution is -2.34. The Morgan fingerprint density at radius 1 is 1.43 bits per heavy atom. The lowest BCUT2D eigenvalue weighted by atomic mass is 10.3. The fraction of sp³-hybridized carbons (Fsp3) is 1.00. The maximum atomic E-state index is 5.38. The van der Waals surface area contributed by atoms with E-state index in [2.05, 4.69) is 10.2 Å². The van der Waals surface area contributed by atoms with E-state index in [9.17, 15) is 0 Å². The Kier molecular flexibility index (Phi) is 5.04. The Morgan fingerprint density at radius 2 is 2.07 bits per heavy atom. The van der Waals surface area contributed by atoms with Crippen LogP contribution in [-0.2, 0) is 18.9 Å². The maximum absolute atomic E-state index is 5.38. The molecule has 1 atom stereocenters. The maximum Gasteiger partial charge on any atom is 0.143 e. The molecule has 0 aromatic heterocycles. The van der Waals surface area contributed by atoms with Crippen molar-refractivity contribution < 1.29 is 18.9 Å². The second kappa shape index (κ2) is 5.82. The van der Waals surface area contributed by atoms with E-state index in [0.717, 1.165) is 19.4 Å². The average molecular weight is 217 g/mol. The van der Waals surface area contributed by atoms with Gasteiger partial charge in [-0.15, -0.1) is 0 Å². The molecule has 1 aliphatic heterocycles. The first-order valence-corrected chi connectivity index (χ1v) is 5.25. The summed E-state index contributed by atoms with van der Waals surface area (Å²) in [6, 6.07) is 0. The van der Waals surface area contributed by atoms with Gasteiger partial charge in [-0.2, -0.15) is 0 Å². The van der Waals surface area contributed by atoms with E-state index >= 15 is 0 Å². The number of rotatable bonds is 8. The largest absolute Gasteiger partial charge is 0.379 e. The third-order valence-electron chi connectivity index (χ3n) is 2.16. The summed E-state index contributed by atoms with van der Waals surface area (Å²) >= 11 is 0. The summed E-state index contributed by atoms with van der Waals surface area (Å²) in [5, 5.41) is 0. The molecular weight excluding hydrogens is 200 g/mol. The van der Waals surface area contributed by atoms with Crippen LogP contribution in [0.25, 0.3) is 0 Å². The molecule has 1 unspecified atom stereocenters. The molecule has 0 aliphatic carbocycles. The van der Waals surface area contributed by atoms with Crippen molar-refractivity contribution in [2.75, 3.05) is 34.0 Å². The molecule has 81 valence electrons. The molecule has 1 rings (SSSR count). The average Bonchev–Trinajstić information content (AvgIpc) is 3.01. The second-order valence-electron chi connectivity index (χ2n) is 3.29. The molecule has 0 aromatic carbocycles. The predicted octanol–water partition coefficient (Wildman–Crippen LogP) is 0.297. The second-order valence-corrected chi connectivity index (χ2v) is 4.06. The molecule has 5 heteroatoms. The number of epoxide rings is 1. The van der Waals surface area contributed by atoms with Crippen LogP contribution in [0.4, 0.5) is 0 Å². The molecule has 1 heterocycles. The number of methoxy groups -OCH3 is 2. The van der Waals surface area contributed by atoms with Crippen LogP contribution in [0.1, 0.15) is 12.8 Å². The molecule has 0 spiro atoms.